The average Bonchev–Trinajstić information content (AvgIpc) is 2.48. The number of carbonyl (C=O) groups is 1. The van der Waals surface area contributed by atoms with Crippen LogP contribution in [0.25, 0.3) is 0 Å². The number of ether oxygens (including phenoxy) is 1. The number of carbonyl (C=O) groups excluding carboxylic acids is 1. The molecule has 7 heteroatoms. The molecular formula is C14H20N2O4S. The van der Waals surface area contributed by atoms with Gasteiger partial charge in [-0.15, -0.1) is 0 Å². The molecule has 116 valence electrons. The predicted molar refractivity (Wildman–Crippen MR) is 80.3 cm³/mol. The van der Waals surface area contributed by atoms with Crippen molar-refractivity contribution in [2.45, 2.75) is 32.7 Å². The topological polar surface area (TPSA) is 66.9 Å². The fourth-order valence-electron chi connectivity index (χ4n) is 2.55. The number of amides is 1. The van der Waals surface area contributed by atoms with E-state index in [9.17, 15) is 13.2 Å². The van der Waals surface area contributed by atoms with Crippen LogP contribution < -0.4 is 4.31 Å². The van der Waals surface area contributed by atoms with Gasteiger partial charge in [0.15, 0.2) is 0 Å². The highest BCUT2D eigenvalue weighted by Gasteiger charge is 2.44. The van der Waals surface area contributed by atoms with Gasteiger partial charge in [-0.3, -0.25) is 4.79 Å². The van der Waals surface area contributed by atoms with Crippen LogP contribution in [0.5, 0.6) is 0 Å². The van der Waals surface area contributed by atoms with Crippen molar-refractivity contribution in [3.05, 3.63) is 29.8 Å². The lowest BCUT2D eigenvalue weighted by atomic mass is 10.1. The summed E-state index contributed by atoms with van der Waals surface area (Å²) in [6.07, 6.45) is 1.15. The Labute approximate surface area is 125 Å². The lowest BCUT2D eigenvalue weighted by Gasteiger charge is -2.39. The third-order valence-electron chi connectivity index (χ3n) is 3.65. The van der Waals surface area contributed by atoms with Gasteiger partial charge in [-0.05, 0) is 25.0 Å². The van der Waals surface area contributed by atoms with E-state index in [1.807, 2.05) is 13.8 Å². The van der Waals surface area contributed by atoms with Gasteiger partial charge in [-0.1, -0.05) is 26.0 Å². The molecule has 0 aliphatic carbocycles. The molecule has 0 aromatic heterocycles. The number of methoxy groups -OCH3 is 1. The minimum Gasteiger partial charge on any atom is -0.363 e. The van der Waals surface area contributed by atoms with Crippen LogP contribution in [0.3, 0.4) is 0 Å². The fraction of sp³-hybridized carbons (Fsp3) is 0.500. The number of anilines is 1. The van der Waals surface area contributed by atoms with E-state index in [1.54, 1.807) is 24.3 Å². The van der Waals surface area contributed by atoms with Crippen molar-refractivity contribution < 1.29 is 17.9 Å². The van der Waals surface area contributed by atoms with Gasteiger partial charge in [0.2, 0.25) is 0 Å². The number of nitrogens with zero attached hydrogens (tertiary/aromatic N) is 2. The summed E-state index contributed by atoms with van der Waals surface area (Å²) >= 11 is 0. The predicted octanol–water partition coefficient (Wildman–Crippen LogP) is 1.99. The van der Waals surface area contributed by atoms with Crippen LogP contribution >= 0.6 is 0 Å². The highest BCUT2D eigenvalue weighted by atomic mass is 32.2. The number of para-hydroxylation sites is 1. The maximum Gasteiger partial charge on any atom is 0.331 e. The summed E-state index contributed by atoms with van der Waals surface area (Å²) in [5, 5.41) is 0. The molecule has 1 aromatic carbocycles. The van der Waals surface area contributed by atoms with Gasteiger partial charge >= 0.3 is 10.2 Å². The van der Waals surface area contributed by atoms with E-state index in [4.69, 9.17) is 4.74 Å². The van der Waals surface area contributed by atoms with Gasteiger partial charge < -0.3 is 4.74 Å². The highest BCUT2D eigenvalue weighted by Crippen LogP contribution is 2.34. The van der Waals surface area contributed by atoms with E-state index in [2.05, 4.69) is 0 Å². The van der Waals surface area contributed by atoms with Crippen molar-refractivity contribution in [3.63, 3.8) is 0 Å². The molecule has 0 spiro atoms. The number of fused-ring (bicyclic) bond motifs is 1. The summed E-state index contributed by atoms with van der Waals surface area (Å²) in [5.74, 6) is -0.466. The number of benzene rings is 1. The van der Waals surface area contributed by atoms with Crippen LogP contribution in [0.4, 0.5) is 5.69 Å². The maximum atomic E-state index is 12.8. The quantitative estimate of drug-likeness (QED) is 0.834. The molecule has 2 rings (SSSR count). The number of hydrogen-bond acceptors (Lipinski definition) is 4. The van der Waals surface area contributed by atoms with Crippen molar-refractivity contribution in [1.82, 2.24) is 4.31 Å². The first-order chi connectivity index (χ1) is 9.98. The van der Waals surface area contributed by atoms with E-state index >= 15 is 0 Å². The smallest absolute Gasteiger partial charge is 0.331 e. The van der Waals surface area contributed by atoms with Crippen LogP contribution in [0.2, 0.25) is 0 Å². The van der Waals surface area contributed by atoms with Crippen LogP contribution in [0.15, 0.2) is 24.3 Å². The Hall–Kier alpha value is -1.60. The molecular weight excluding hydrogens is 292 g/mol. The van der Waals surface area contributed by atoms with Crippen molar-refractivity contribution in [2.24, 2.45) is 0 Å². The molecule has 0 bridgehead atoms. The third-order valence-corrected chi connectivity index (χ3v) is 5.47. The van der Waals surface area contributed by atoms with E-state index in [0.29, 0.717) is 24.1 Å². The Morgan fingerprint density at radius 3 is 2.38 bits per heavy atom. The van der Waals surface area contributed by atoms with Crippen LogP contribution in [0, 0.1) is 0 Å². The van der Waals surface area contributed by atoms with Crippen molar-refractivity contribution in [3.8, 4) is 0 Å². The lowest BCUT2D eigenvalue weighted by Crippen LogP contribution is -2.55. The second-order valence-electron chi connectivity index (χ2n) is 4.86. The van der Waals surface area contributed by atoms with E-state index < -0.39 is 16.1 Å². The number of rotatable bonds is 5. The van der Waals surface area contributed by atoms with Gasteiger partial charge in [0, 0.05) is 13.2 Å². The van der Waals surface area contributed by atoms with Gasteiger partial charge in [0.25, 0.3) is 5.91 Å². The lowest BCUT2D eigenvalue weighted by molar-refractivity contribution is 0.0807. The minimum atomic E-state index is -3.92. The summed E-state index contributed by atoms with van der Waals surface area (Å²) < 4.78 is 32.7. The summed E-state index contributed by atoms with van der Waals surface area (Å²) in [6, 6.07) is 6.34. The van der Waals surface area contributed by atoms with Gasteiger partial charge in [0.1, 0.15) is 6.73 Å². The largest absolute Gasteiger partial charge is 0.363 e. The molecule has 21 heavy (non-hydrogen) atoms. The zero-order chi connectivity index (χ0) is 15.6. The summed E-state index contributed by atoms with van der Waals surface area (Å²) in [7, 11) is -2.49. The van der Waals surface area contributed by atoms with E-state index in [-0.39, 0.29) is 12.8 Å². The van der Waals surface area contributed by atoms with E-state index in [0.717, 1.165) is 8.61 Å². The minimum absolute atomic E-state index is 0.122. The van der Waals surface area contributed by atoms with Gasteiger partial charge in [-0.2, -0.15) is 8.42 Å². The van der Waals surface area contributed by atoms with Crippen molar-refractivity contribution in [1.29, 1.82) is 0 Å². The van der Waals surface area contributed by atoms with Gasteiger partial charge in [0.05, 0.1) is 11.3 Å². The molecule has 1 aliphatic rings. The summed E-state index contributed by atoms with van der Waals surface area (Å²) in [4.78, 5) is 12.6. The van der Waals surface area contributed by atoms with Crippen LogP contribution in [-0.2, 0) is 14.9 Å². The molecule has 0 fully saturated rings. The van der Waals surface area contributed by atoms with Crippen molar-refractivity contribution >= 4 is 21.8 Å². The zero-order valence-electron chi connectivity index (χ0n) is 12.4. The first-order valence-corrected chi connectivity index (χ1v) is 8.33. The number of hydrogen-bond donors (Lipinski definition) is 0. The maximum absolute atomic E-state index is 12.8. The second kappa shape index (κ2) is 6.03. The zero-order valence-corrected chi connectivity index (χ0v) is 13.3. The molecule has 0 radical (unpaired) electrons. The summed E-state index contributed by atoms with van der Waals surface area (Å²) in [5.41, 5.74) is 0.753. The molecule has 1 amide bonds. The Balaban J connectivity index is 2.63. The normalized spacial score (nSPS) is 17.2. The summed E-state index contributed by atoms with van der Waals surface area (Å²) in [6.45, 7) is 3.62. The Bertz CT molecular complexity index is 626. The Morgan fingerprint density at radius 2 is 1.81 bits per heavy atom. The molecule has 0 atom stereocenters. The van der Waals surface area contributed by atoms with Gasteiger partial charge in [-0.25, -0.2) is 8.61 Å². The molecule has 0 unspecified atom stereocenters. The molecule has 0 saturated carbocycles. The average molecular weight is 312 g/mol. The van der Waals surface area contributed by atoms with Crippen LogP contribution in [0.1, 0.15) is 37.0 Å². The van der Waals surface area contributed by atoms with Crippen LogP contribution in [-0.4, -0.2) is 38.5 Å². The molecule has 1 aromatic rings. The third kappa shape index (κ3) is 2.51. The van der Waals surface area contributed by atoms with E-state index in [1.165, 1.54) is 7.11 Å². The molecule has 0 N–H and O–H groups in total. The molecule has 1 aliphatic heterocycles. The SMILES string of the molecule is CCC(CC)N1C(=O)c2ccccc2N(COC)S1(=O)=O. The fourth-order valence-corrected chi connectivity index (χ4v) is 4.40. The second-order valence-corrected chi connectivity index (χ2v) is 6.59. The molecule has 6 nitrogen and oxygen atoms in total. The monoisotopic (exact) mass is 312 g/mol. The first kappa shape index (κ1) is 15.8. The Morgan fingerprint density at radius 1 is 1.19 bits per heavy atom. The van der Waals surface area contributed by atoms with Crippen molar-refractivity contribution in [2.75, 3.05) is 18.1 Å². The standard InChI is InChI=1S/C14H20N2O4S/c1-4-11(5-2)16-14(17)12-8-6-7-9-13(12)15(10-20-3)21(16,18)19/h6-9,11H,4-5,10H2,1-3H3. The molecule has 0 saturated heterocycles. The Kier molecular flexibility index (Phi) is 4.53. The highest BCUT2D eigenvalue weighted by molar-refractivity contribution is 7.91. The molecule has 1 heterocycles. The first-order valence-electron chi connectivity index (χ1n) is 6.93.